The van der Waals surface area contributed by atoms with E-state index in [0.29, 0.717) is 5.13 Å². The van der Waals surface area contributed by atoms with E-state index in [-0.39, 0.29) is 0 Å². The minimum Gasteiger partial charge on any atom is -0.371 e. The van der Waals surface area contributed by atoms with Crippen LogP contribution >= 0.6 is 11.3 Å². The number of nitrogen functional groups attached to an aromatic ring is 1. The summed E-state index contributed by atoms with van der Waals surface area (Å²) in [5, 5.41) is 9.73. The quantitative estimate of drug-likeness (QED) is 0.650. The lowest BCUT2D eigenvalue weighted by molar-refractivity contribution is 0.727. The molecule has 1 aliphatic rings. The average Bonchev–Trinajstić information content (AvgIpc) is 2.90. The van der Waals surface area contributed by atoms with Gasteiger partial charge >= 0.3 is 0 Å². The Bertz CT molecular complexity index is 569. The summed E-state index contributed by atoms with van der Waals surface area (Å²) >= 11 is 1.49. The molecule has 1 aromatic carbocycles. The number of rotatable bonds is 3. The van der Waals surface area contributed by atoms with Crippen LogP contribution in [0.3, 0.4) is 0 Å². The number of hydrazine groups is 1. The van der Waals surface area contributed by atoms with E-state index in [2.05, 4.69) is 56.7 Å². The maximum atomic E-state index is 5.33. The molecular formula is C12H16N6S. The summed E-state index contributed by atoms with van der Waals surface area (Å²) in [5.41, 5.74) is 5.03. The predicted octanol–water partition coefficient (Wildman–Crippen LogP) is 1.28. The van der Waals surface area contributed by atoms with Crippen LogP contribution in [0.1, 0.15) is 5.01 Å². The first-order valence-corrected chi connectivity index (χ1v) is 6.93. The number of nitrogens with two attached hydrogens (primary N) is 1. The fourth-order valence-corrected chi connectivity index (χ4v) is 2.94. The number of fused-ring (bicyclic) bond motifs is 1. The van der Waals surface area contributed by atoms with Crippen molar-refractivity contribution < 1.29 is 0 Å². The van der Waals surface area contributed by atoms with Crippen LogP contribution in [-0.2, 0) is 6.54 Å². The van der Waals surface area contributed by atoms with Gasteiger partial charge in [0.1, 0.15) is 5.01 Å². The number of aromatic nitrogens is 2. The van der Waals surface area contributed by atoms with Gasteiger partial charge in [-0.25, -0.2) is 5.84 Å². The lowest BCUT2D eigenvalue weighted by Gasteiger charge is -2.36. The summed E-state index contributed by atoms with van der Waals surface area (Å²) in [6.07, 6.45) is 0. The van der Waals surface area contributed by atoms with Crippen LogP contribution in [0.4, 0.5) is 16.5 Å². The Morgan fingerprint density at radius 3 is 2.79 bits per heavy atom. The smallest absolute Gasteiger partial charge is 0.219 e. The normalized spacial score (nSPS) is 14.4. The zero-order valence-corrected chi connectivity index (χ0v) is 11.5. The van der Waals surface area contributed by atoms with Crippen molar-refractivity contribution in [1.29, 1.82) is 0 Å². The van der Waals surface area contributed by atoms with E-state index in [1.807, 2.05) is 0 Å². The number of hydrogen-bond donors (Lipinski definition) is 2. The van der Waals surface area contributed by atoms with Gasteiger partial charge in [-0.3, -0.25) is 5.43 Å². The van der Waals surface area contributed by atoms with Gasteiger partial charge in [0, 0.05) is 20.1 Å². The summed E-state index contributed by atoms with van der Waals surface area (Å²) in [5.74, 6) is 5.33. The minimum absolute atomic E-state index is 0.650. The predicted molar refractivity (Wildman–Crippen MR) is 78.5 cm³/mol. The minimum atomic E-state index is 0.650. The largest absolute Gasteiger partial charge is 0.371 e. The molecule has 0 atom stereocenters. The van der Waals surface area contributed by atoms with Gasteiger partial charge < -0.3 is 9.80 Å². The van der Waals surface area contributed by atoms with Crippen molar-refractivity contribution in [3.8, 4) is 0 Å². The van der Waals surface area contributed by atoms with Crippen molar-refractivity contribution in [3.05, 3.63) is 29.3 Å². The highest BCUT2D eigenvalue weighted by molar-refractivity contribution is 7.15. The molecule has 1 aliphatic heterocycles. The summed E-state index contributed by atoms with van der Waals surface area (Å²) in [6.45, 7) is 2.76. The Hall–Kier alpha value is -1.86. The van der Waals surface area contributed by atoms with Gasteiger partial charge in [-0.05, 0) is 12.1 Å². The lowest BCUT2D eigenvalue weighted by atomic mass is 10.2. The molecule has 0 aliphatic carbocycles. The van der Waals surface area contributed by atoms with E-state index < -0.39 is 0 Å². The highest BCUT2D eigenvalue weighted by Crippen LogP contribution is 2.33. The monoisotopic (exact) mass is 276 g/mol. The van der Waals surface area contributed by atoms with Gasteiger partial charge in [0.2, 0.25) is 5.13 Å². The van der Waals surface area contributed by atoms with Crippen LogP contribution in [0.25, 0.3) is 0 Å². The Morgan fingerprint density at radius 2 is 2.05 bits per heavy atom. The maximum absolute atomic E-state index is 5.33. The molecule has 0 amide bonds. The SMILES string of the molecule is CN1CCN(Cc2nnc(NN)s2)c2ccccc21. The van der Waals surface area contributed by atoms with Gasteiger partial charge in [-0.2, -0.15) is 0 Å². The highest BCUT2D eigenvalue weighted by Gasteiger charge is 2.20. The first kappa shape index (κ1) is 12.2. The summed E-state index contributed by atoms with van der Waals surface area (Å²) < 4.78 is 0. The summed E-state index contributed by atoms with van der Waals surface area (Å²) in [4.78, 5) is 4.61. The van der Waals surface area contributed by atoms with E-state index in [1.54, 1.807) is 0 Å². The third kappa shape index (κ3) is 2.34. The van der Waals surface area contributed by atoms with Crippen molar-refractivity contribution in [1.82, 2.24) is 10.2 Å². The highest BCUT2D eigenvalue weighted by atomic mass is 32.1. The summed E-state index contributed by atoms with van der Waals surface area (Å²) in [6, 6.07) is 8.43. The molecular weight excluding hydrogens is 260 g/mol. The second kappa shape index (κ2) is 5.02. The lowest BCUT2D eigenvalue weighted by Crippen LogP contribution is -2.38. The third-order valence-electron chi connectivity index (χ3n) is 3.26. The molecule has 3 N–H and O–H groups in total. The summed E-state index contributed by atoms with van der Waals surface area (Å²) in [7, 11) is 2.12. The van der Waals surface area contributed by atoms with Crippen molar-refractivity contribution in [2.75, 3.05) is 35.4 Å². The second-order valence-corrected chi connectivity index (χ2v) is 5.54. The van der Waals surface area contributed by atoms with Crippen molar-refractivity contribution >= 4 is 27.8 Å². The van der Waals surface area contributed by atoms with Crippen LogP contribution < -0.4 is 21.1 Å². The van der Waals surface area contributed by atoms with Crippen LogP contribution in [0.2, 0.25) is 0 Å². The zero-order chi connectivity index (χ0) is 13.2. The van der Waals surface area contributed by atoms with Gasteiger partial charge in [-0.15, -0.1) is 10.2 Å². The molecule has 3 rings (SSSR count). The fourth-order valence-electron chi connectivity index (χ4n) is 2.27. The number of anilines is 3. The number of para-hydroxylation sites is 2. The molecule has 1 aromatic heterocycles. The van der Waals surface area contributed by atoms with Gasteiger partial charge in [0.25, 0.3) is 0 Å². The topological polar surface area (TPSA) is 70.3 Å². The average molecular weight is 276 g/mol. The molecule has 100 valence electrons. The van der Waals surface area contributed by atoms with Gasteiger partial charge in [0.15, 0.2) is 0 Å². The second-order valence-electron chi connectivity index (χ2n) is 4.48. The first-order valence-electron chi connectivity index (χ1n) is 6.12. The Labute approximate surface area is 115 Å². The van der Waals surface area contributed by atoms with E-state index in [1.165, 1.54) is 22.7 Å². The molecule has 0 bridgehead atoms. The first-order chi connectivity index (χ1) is 9.28. The molecule has 0 unspecified atom stereocenters. The van der Waals surface area contributed by atoms with Crippen molar-refractivity contribution in [3.63, 3.8) is 0 Å². The maximum Gasteiger partial charge on any atom is 0.219 e. The van der Waals surface area contributed by atoms with Crippen LogP contribution in [0.15, 0.2) is 24.3 Å². The van der Waals surface area contributed by atoms with Gasteiger partial charge in [-0.1, -0.05) is 23.5 Å². The number of hydrogen-bond acceptors (Lipinski definition) is 7. The Balaban J connectivity index is 1.84. The third-order valence-corrected chi connectivity index (χ3v) is 4.09. The Kier molecular flexibility index (Phi) is 3.22. The molecule has 7 heteroatoms. The number of nitrogens with zero attached hydrogens (tertiary/aromatic N) is 4. The number of nitrogens with one attached hydrogen (secondary N) is 1. The molecule has 2 aromatic rings. The molecule has 19 heavy (non-hydrogen) atoms. The zero-order valence-electron chi connectivity index (χ0n) is 10.7. The number of benzene rings is 1. The molecule has 0 saturated heterocycles. The molecule has 0 saturated carbocycles. The van der Waals surface area contributed by atoms with Crippen LogP contribution in [-0.4, -0.2) is 30.3 Å². The van der Waals surface area contributed by atoms with E-state index in [9.17, 15) is 0 Å². The van der Waals surface area contributed by atoms with Crippen molar-refractivity contribution in [2.45, 2.75) is 6.54 Å². The molecule has 6 nitrogen and oxygen atoms in total. The standard InChI is InChI=1S/C12H16N6S/c1-17-6-7-18(10-5-3-2-4-9(10)17)8-11-15-16-12(14-13)19-11/h2-5H,6-8,13H2,1H3,(H,14,16). The molecule has 0 radical (unpaired) electrons. The molecule has 2 heterocycles. The van der Waals surface area contributed by atoms with E-state index in [4.69, 9.17) is 5.84 Å². The van der Waals surface area contributed by atoms with Crippen LogP contribution in [0, 0.1) is 0 Å². The van der Waals surface area contributed by atoms with E-state index in [0.717, 1.165) is 24.6 Å². The Morgan fingerprint density at radius 1 is 1.26 bits per heavy atom. The number of likely N-dealkylation sites (N-methyl/N-ethyl adjacent to an activating group) is 1. The molecule has 0 spiro atoms. The molecule has 0 fully saturated rings. The van der Waals surface area contributed by atoms with Gasteiger partial charge in [0.05, 0.1) is 17.9 Å². The fraction of sp³-hybridized carbons (Fsp3) is 0.333. The van der Waals surface area contributed by atoms with Crippen LogP contribution in [0.5, 0.6) is 0 Å². The van der Waals surface area contributed by atoms with Crippen molar-refractivity contribution in [2.24, 2.45) is 5.84 Å². The van der Waals surface area contributed by atoms with E-state index >= 15 is 0 Å².